The van der Waals surface area contributed by atoms with Crippen molar-refractivity contribution in [1.29, 1.82) is 0 Å². The predicted octanol–water partition coefficient (Wildman–Crippen LogP) is 1.72. The molecule has 0 saturated carbocycles. The highest BCUT2D eigenvalue weighted by molar-refractivity contribution is 5.75. The molecule has 0 fully saturated rings. The van der Waals surface area contributed by atoms with Crippen LogP contribution < -0.4 is 14.6 Å². The summed E-state index contributed by atoms with van der Waals surface area (Å²) in [4.78, 5) is 4.10. The van der Waals surface area contributed by atoms with E-state index in [-0.39, 0.29) is 19.1 Å². The van der Waals surface area contributed by atoms with Crippen LogP contribution in [0.3, 0.4) is 0 Å². The normalized spacial score (nSPS) is 13.3. The maximum absolute atomic E-state index is 11.9. The van der Waals surface area contributed by atoms with Gasteiger partial charge in [0.05, 0.1) is 33.4 Å². The number of aliphatic imine (C=N–C) groups is 1. The number of para-hydroxylation sites is 1. The summed E-state index contributed by atoms with van der Waals surface area (Å²) >= 11 is 0. The molecule has 2 rings (SSSR count). The second kappa shape index (κ2) is 9.94. The van der Waals surface area contributed by atoms with Gasteiger partial charge in [0.1, 0.15) is 11.5 Å². The van der Waals surface area contributed by atoms with Crippen molar-refractivity contribution in [3.05, 3.63) is 54.6 Å². The average Bonchev–Trinajstić information content (AvgIpc) is 2.64. The molecule has 0 bridgehead atoms. The molecule has 6 heteroatoms. The highest BCUT2D eigenvalue weighted by atomic mass is 16.5. The molecule has 2 aromatic carbocycles. The Morgan fingerprint density at radius 1 is 0.963 bits per heavy atom. The fourth-order valence-corrected chi connectivity index (χ4v) is 2.21. The number of benzene rings is 2. The third kappa shape index (κ3) is 8.57. The van der Waals surface area contributed by atoms with Gasteiger partial charge in [-0.1, -0.05) is 18.2 Å². The van der Waals surface area contributed by atoms with Crippen LogP contribution in [-0.2, 0) is 0 Å². The lowest BCUT2D eigenvalue weighted by Gasteiger charge is -2.25. The van der Waals surface area contributed by atoms with E-state index in [2.05, 4.69) is 4.99 Å². The number of rotatable bonds is 10. The van der Waals surface area contributed by atoms with Gasteiger partial charge < -0.3 is 24.2 Å². The molecule has 27 heavy (non-hydrogen) atoms. The largest absolute Gasteiger partial charge is 0.862 e. The summed E-state index contributed by atoms with van der Waals surface area (Å²) in [6.07, 6.45) is -0.0735. The Kier molecular flexibility index (Phi) is 7.64. The number of hydrogen-bond donors (Lipinski definition) is 0. The molecule has 6 nitrogen and oxygen atoms in total. The SMILES string of the molecule is C[N+](C)(C)CCC([O-])=Nc1ccc(OC[C@@H]([OH2+])COc2ccccc2)cc1. The molecule has 146 valence electrons. The maximum Gasteiger partial charge on any atom is 0.222 e. The quantitative estimate of drug-likeness (QED) is 0.275. The Morgan fingerprint density at radius 2 is 1.52 bits per heavy atom. The smallest absolute Gasteiger partial charge is 0.222 e. The predicted molar refractivity (Wildman–Crippen MR) is 106 cm³/mol. The van der Waals surface area contributed by atoms with Crippen LogP contribution in [0.4, 0.5) is 5.69 Å². The van der Waals surface area contributed by atoms with E-state index in [1.807, 2.05) is 51.5 Å². The molecule has 0 aliphatic rings. The van der Waals surface area contributed by atoms with Gasteiger partial charge in [0, 0.05) is 6.42 Å². The Morgan fingerprint density at radius 3 is 2.07 bits per heavy atom. The van der Waals surface area contributed by atoms with E-state index >= 15 is 0 Å². The standard InChI is InChI=1S/C21H28N2O4/c1-23(2,3)14-13-21(25)22-17-9-11-20(12-10-17)27-16-18(24)15-26-19-7-5-4-6-8-19/h4-12,18,24H,13-16H2,1-3H3/p+1/t18-/m0/s1. The van der Waals surface area contributed by atoms with Crippen LogP contribution in [0, 0.1) is 0 Å². The van der Waals surface area contributed by atoms with E-state index < -0.39 is 6.10 Å². The van der Waals surface area contributed by atoms with Crippen molar-refractivity contribution < 1.29 is 24.2 Å². The molecular formula is C21H29N2O4+. The first-order valence-electron chi connectivity index (χ1n) is 8.99. The molecule has 2 N–H and O–H groups in total. The molecule has 0 spiro atoms. The third-order valence-corrected chi connectivity index (χ3v) is 3.73. The first-order chi connectivity index (χ1) is 12.8. The van der Waals surface area contributed by atoms with Crippen molar-refractivity contribution >= 4 is 11.6 Å². The summed E-state index contributed by atoms with van der Waals surface area (Å²) < 4.78 is 11.9. The van der Waals surface area contributed by atoms with Crippen molar-refractivity contribution in [2.45, 2.75) is 12.5 Å². The molecule has 2 aromatic rings. The minimum atomic E-state index is -0.494. The van der Waals surface area contributed by atoms with Gasteiger partial charge in [-0.05, 0) is 42.3 Å². The molecule has 0 aliphatic heterocycles. The average molecular weight is 373 g/mol. The second-order valence-electron chi connectivity index (χ2n) is 7.40. The van der Waals surface area contributed by atoms with Crippen molar-refractivity contribution in [2.75, 3.05) is 40.9 Å². The summed E-state index contributed by atoms with van der Waals surface area (Å²) in [6.45, 7) is 1.24. The molecule has 0 unspecified atom stereocenters. The summed E-state index contributed by atoms with van der Waals surface area (Å²) in [6, 6.07) is 16.4. The van der Waals surface area contributed by atoms with Gasteiger partial charge in [0.15, 0.2) is 13.2 Å². The number of hydrogen-bond acceptors (Lipinski definition) is 4. The molecule has 0 saturated heterocycles. The minimum absolute atomic E-state index is 0.124. The summed E-state index contributed by atoms with van der Waals surface area (Å²) in [5, 5.41) is 19.9. The first kappa shape index (κ1) is 20.7. The Labute approximate surface area is 160 Å². The van der Waals surface area contributed by atoms with Gasteiger partial charge in [-0.15, -0.1) is 0 Å². The van der Waals surface area contributed by atoms with E-state index in [1.54, 1.807) is 24.3 Å². The molecule has 0 heterocycles. The van der Waals surface area contributed by atoms with Gasteiger partial charge in [0.2, 0.25) is 6.10 Å². The number of quaternary nitrogens is 1. The van der Waals surface area contributed by atoms with Gasteiger partial charge >= 0.3 is 0 Å². The first-order valence-corrected chi connectivity index (χ1v) is 8.99. The Hall–Kier alpha value is -2.57. The van der Waals surface area contributed by atoms with E-state index in [1.165, 1.54) is 0 Å². The zero-order valence-electron chi connectivity index (χ0n) is 16.2. The molecule has 0 amide bonds. The topological polar surface area (TPSA) is 76.8 Å². The Balaban J connectivity index is 1.76. The van der Waals surface area contributed by atoms with Crippen LogP contribution in [-0.4, -0.2) is 62.5 Å². The lowest BCUT2D eigenvalue weighted by atomic mass is 10.3. The fraction of sp³-hybridized carbons (Fsp3) is 0.381. The zero-order valence-corrected chi connectivity index (χ0v) is 16.2. The van der Waals surface area contributed by atoms with Crippen molar-refractivity contribution in [2.24, 2.45) is 4.99 Å². The fourth-order valence-electron chi connectivity index (χ4n) is 2.21. The zero-order chi connectivity index (χ0) is 19.7. The van der Waals surface area contributed by atoms with E-state index in [9.17, 15) is 5.11 Å². The molecular weight excluding hydrogens is 344 g/mol. The lowest BCUT2D eigenvalue weighted by molar-refractivity contribution is -0.869. The van der Waals surface area contributed by atoms with E-state index in [0.29, 0.717) is 17.9 Å². The maximum atomic E-state index is 11.9. The van der Waals surface area contributed by atoms with Crippen molar-refractivity contribution in [3.8, 4) is 11.5 Å². The van der Waals surface area contributed by atoms with Crippen LogP contribution in [0.15, 0.2) is 59.6 Å². The molecule has 0 aliphatic carbocycles. The van der Waals surface area contributed by atoms with Crippen LogP contribution in [0.25, 0.3) is 0 Å². The van der Waals surface area contributed by atoms with Gasteiger partial charge in [-0.3, -0.25) is 4.99 Å². The Bertz CT molecular complexity index is 709. The molecule has 1 atom stereocenters. The summed E-state index contributed by atoms with van der Waals surface area (Å²) in [5.41, 5.74) is 0.614. The lowest BCUT2D eigenvalue weighted by Crippen LogP contribution is -2.38. The van der Waals surface area contributed by atoms with Crippen LogP contribution in [0.5, 0.6) is 11.5 Å². The molecule has 0 radical (unpaired) electrons. The van der Waals surface area contributed by atoms with Crippen LogP contribution >= 0.6 is 0 Å². The van der Waals surface area contributed by atoms with E-state index in [0.717, 1.165) is 16.8 Å². The second-order valence-corrected chi connectivity index (χ2v) is 7.40. The highest BCUT2D eigenvalue weighted by Crippen LogP contribution is 2.18. The summed E-state index contributed by atoms with van der Waals surface area (Å²) in [7, 11) is 6.14. The highest BCUT2D eigenvalue weighted by Gasteiger charge is 2.11. The summed E-state index contributed by atoms with van der Waals surface area (Å²) in [5.74, 6) is 1.27. The van der Waals surface area contributed by atoms with Gasteiger partial charge in [-0.2, -0.15) is 0 Å². The van der Waals surface area contributed by atoms with Crippen molar-refractivity contribution in [1.82, 2.24) is 0 Å². The number of nitrogens with zero attached hydrogens (tertiary/aromatic N) is 2. The molecule has 0 aromatic heterocycles. The van der Waals surface area contributed by atoms with E-state index in [4.69, 9.17) is 14.6 Å². The van der Waals surface area contributed by atoms with Crippen LogP contribution in [0.2, 0.25) is 0 Å². The third-order valence-electron chi connectivity index (χ3n) is 3.73. The monoisotopic (exact) mass is 373 g/mol. The number of ether oxygens (including phenoxy) is 2. The van der Waals surface area contributed by atoms with Gasteiger partial charge in [0.25, 0.3) is 0 Å². The van der Waals surface area contributed by atoms with Gasteiger partial charge in [-0.25, -0.2) is 0 Å². The van der Waals surface area contributed by atoms with Crippen LogP contribution in [0.1, 0.15) is 6.42 Å². The minimum Gasteiger partial charge on any atom is -0.862 e. The van der Waals surface area contributed by atoms with Crippen molar-refractivity contribution in [3.63, 3.8) is 0 Å².